The molecule has 134 valence electrons. The lowest BCUT2D eigenvalue weighted by atomic mass is 9.90. The number of hydrogen-bond acceptors (Lipinski definition) is 6. The van der Waals surface area contributed by atoms with Crippen LogP contribution in [0.5, 0.6) is 0 Å². The normalized spacial score (nSPS) is 16.2. The molecule has 0 atom stereocenters. The van der Waals surface area contributed by atoms with E-state index in [2.05, 4.69) is 33.0 Å². The molecule has 0 saturated carbocycles. The average Bonchev–Trinajstić information content (AvgIpc) is 3.08. The number of pyridine rings is 2. The Morgan fingerprint density at radius 1 is 1.15 bits per heavy atom. The van der Waals surface area contributed by atoms with Gasteiger partial charge in [0.25, 0.3) is 0 Å². The first kappa shape index (κ1) is 17.2. The second-order valence-electron chi connectivity index (χ2n) is 7.06. The van der Waals surface area contributed by atoms with Crippen molar-refractivity contribution < 1.29 is 4.79 Å². The van der Waals surface area contributed by atoms with Gasteiger partial charge in [0.05, 0.1) is 21.6 Å². The number of rotatable bonds is 4. The number of Topliss-reactive ketones (excluding diaryl/α,β-unsaturated/α-hetero) is 1. The monoisotopic (exact) mass is 366 g/mol. The summed E-state index contributed by atoms with van der Waals surface area (Å²) >= 11 is 1.66. The number of aromatic nitrogens is 3. The zero-order chi connectivity index (χ0) is 18.1. The third-order valence-corrected chi connectivity index (χ3v) is 6.02. The summed E-state index contributed by atoms with van der Waals surface area (Å²) in [5.74, 6) is 0.487. The summed E-state index contributed by atoms with van der Waals surface area (Å²) in [5.41, 5.74) is 2.74. The maximum absolute atomic E-state index is 12.6. The fourth-order valence-corrected chi connectivity index (χ4v) is 4.21. The summed E-state index contributed by atoms with van der Waals surface area (Å²) in [6.07, 6.45) is 7.84. The van der Waals surface area contributed by atoms with Crippen LogP contribution >= 0.6 is 11.3 Å². The topological polar surface area (TPSA) is 59.0 Å². The van der Waals surface area contributed by atoms with Crippen LogP contribution in [0.2, 0.25) is 0 Å². The van der Waals surface area contributed by atoms with E-state index >= 15 is 0 Å². The number of nitrogens with zero attached hydrogens (tertiary/aromatic N) is 4. The first-order valence-corrected chi connectivity index (χ1v) is 9.79. The fourth-order valence-electron chi connectivity index (χ4n) is 3.46. The van der Waals surface area contributed by atoms with E-state index in [1.165, 1.54) is 0 Å². The molecule has 1 aliphatic rings. The molecule has 5 nitrogen and oxygen atoms in total. The molecule has 0 spiro atoms. The van der Waals surface area contributed by atoms with Gasteiger partial charge < -0.3 is 4.90 Å². The van der Waals surface area contributed by atoms with E-state index in [0.717, 1.165) is 58.0 Å². The minimum atomic E-state index is 0.174. The molecule has 0 radical (unpaired) electrons. The van der Waals surface area contributed by atoms with Crippen LogP contribution in [0.1, 0.15) is 23.5 Å². The van der Waals surface area contributed by atoms with Crippen molar-refractivity contribution >= 4 is 28.0 Å². The van der Waals surface area contributed by atoms with Crippen molar-refractivity contribution in [3.8, 4) is 10.4 Å². The quantitative estimate of drug-likeness (QED) is 0.707. The Morgan fingerprint density at radius 2 is 1.96 bits per heavy atom. The predicted molar refractivity (Wildman–Crippen MR) is 104 cm³/mol. The standard InChI is InChI=1S/C20H22N4OS/c1-13-21-12-20(26-13)16-7-15-8-17(22-11-18(15)23-10-16)9-19(25)14-3-5-24(2)6-4-14/h7-8,10-12,14H,3-6,9H2,1-2H3. The summed E-state index contributed by atoms with van der Waals surface area (Å²) < 4.78 is 0. The lowest BCUT2D eigenvalue weighted by Gasteiger charge is -2.27. The highest BCUT2D eigenvalue weighted by Crippen LogP contribution is 2.28. The van der Waals surface area contributed by atoms with Gasteiger partial charge in [-0.25, -0.2) is 4.98 Å². The van der Waals surface area contributed by atoms with Crippen LogP contribution in [0.4, 0.5) is 0 Å². The molecule has 0 amide bonds. The Morgan fingerprint density at radius 3 is 2.69 bits per heavy atom. The van der Waals surface area contributed by atoms with Gasteiger partial charge in [-0.15, -0.1) is 11.3 Å². The zero-order valence-corrected chi connectivity index (χ0v) is 15.9. The summed E-state index contributed by atoms with van der Waals surface area (Å²) in [6.45, 7) is 4.01. The molecule has 4 rings (SSSR count). The first-order valence-electron chi connectivity index (χ1n) is 8.97. The Labute approximate surface area is 157 Å². The van der Waals surface area contributed by atoms with E-state index in [4.69, 9.17) is 0 Å². The number of piperidine rings is 1. The molecule has 1 aliphatic heterocycles. The molecule has 0 N–H and O–H groups in total. The minimum Gasteiger partial charge on any atom is -0.306 e. The van der Waals surface area contributed by atoms with Gasteiger partial charge in [0.15, 0.2) is 0 Å². The molecule has 0 unspecified atom stereocenters. The van der Waals surface area contributed by atoms with Crippen LogP contribution in [-0.2, 0) is 11.2 Å². The number of carbonyl (C=O) groups is 1. The molecule has 3 aromatic rings. The van der Waals surface area contributed by atoms with Gasteiger partial charge in [0.1, 0.15) is 5.78 Å². The van der Waals surface area contributed by atoms with Gasteiger partial charge in [-0.05, 0) is 52.0 Å². The molecule has 6 heteroatoms. The van der Waals surface area contributed by atoms with Gasteiger partial charge in [-0.3, -0.25) is 14.8 Å². The highest BCUT2D eigenvalue weighted by atomic mass is 32.1. The van der Waals surface area contributed by atoms with Crippen molar-refractivity contribution in [1.82, 2.24) is 19.9 Å². The highest BCUT2D eigenvalue weighted by Gasteiger charge is 2.23. The third kappa shape index (κ3) is 3.66. The van der Waals surface area contributed by atoms with Crippen molar-refractivity contribution in [2.24, 2.45) is 5.92 Å². The summed E-state index contributed by atoms with van der Waals surface area (Å²) in [5, 5.41) is 2.06. The van der Waals surface area contributed by atoms with E-state index in [9.17, 15) is 4.79 Å². The molecular weight excluding hydrogens is 344 g/mol. The molecule has 0 aromatic carbocycles. The van der Waals surface area contributed by atoms with Crippen molar-refractivity contribution in [2.75, 3.05) is 20.1 Å². The number of hydrogen-bond donors (Lipinski definition) is 0. The van der Waals surface area contributed by atoms with Crippen molar-refractivity contribution in [1.29, 1.82) is 0 Å². The Balaban J connectivity index is 1.55. The maximum Gasteiger partial charge on any atom is 0.142 e. The van der Waals surface area contributed by atoms with Crippen LogP contribution in [0.25, 0.3) is 21.3 Å². The van der Waals surface area contributed by atoms with E-state index in [1.54, 1.807) is 17.5 Å². The average molecular weight is 366 g/mol. The first-order chi connectivity index (χ1) is 12.6. The van der Waals surface area contributed by atoms with Gasteiger partial charge in [0.2, 0.25) is 0 Å². The van der Waals surface area contributed by atoms with Crippen LogP contribution in [0.3, 0.4) is 0 Å². The third-order valence-electron chi connectivity index (χ3n) is 5.06. The molecule has 26 heavy (non-hydrogen) atoms. The largest absolute Gasteiger partial charge is 0.306 e. The second-order valence-corrected chi connectivity index (χ2v) is 8.29. The second kappa shape index (κ2) is 7.21. The van der Waals surface area contributed by atoms with E-state index in [1.807, 2.05) is 25.4 Å². The number of carbonyl (C=O) groups excluding carboxylic acids is 1. The predicted octanol–water partition coefficient (Wildman–Crippen LogP) is 3.52. The zero-order valence-electron chi connectivity index (χ0n) is 15.1. The van der Waals surface area contributed by atoms with Gasteiger partial charge in [-0.2, -0.15) is 0 Å². The van der Waals surface area contributed by atoms with Crippen LogP contribution < -0.4 is 0 Å². The molecule has 3 aromatic heterocycles. The lowest BCUT2D eigenvalue weighted by molar-refractivity contribution is -0.123. The van der Waals surface area contributed by atoms with Crippen molar-refractivity contribution in [3.05, 3.63) is 41.4 Å². The minimum absolute atomic E-state index is 0.174. The molecular formula is C20H22N4OS. The number of fused-ring (bicyclic) bond motifs is 1. The molecule has 1 fully saturated rings. The molecule has 1 saturated heterocycles. The van der Waals surface area contributed by atoms with Crippen molar-refractivity contribution in [3.63, 3.8) is 0 Å². The smallest absolute Gasteiger partial charge is 0.142 e. The van der Waals surface area contributed by atoms with Gasteiger partial charge in [-0.1, -0.05) is 0 Å². The maximum atomic E-state index is 12.6. The molecule has 4 heterocycles. The SMILES string of the molecule is Cc1ncc(-c2cnc3cnc(CC(=O)C4CCN(C)CC4)cc3c2)s1. The number of ketones is 1. The number of thiazole rings is 1. The molecule has 0 bridgehead atoms. The fraction of sp³-hybridized carbons (Fsp3) is 0.400. The van der Waals surface area contributed by atoms with Crippen LogP contribution in [0.15, 0.2) is 30.7 Å². The Kier molecular flexibility index (Phi) is 4.78. The number of likely N-dealkylation sites (tertiary alicyclic amines) is 1. The summed E-state index contributed by atoms with van der Waals surface area (Å²) in [4.78, 5) is 29.3. The van der Waals surface area contributed by atoms with Crippen LogP contribution in [-0.4, -0.2) is 45.8 Å². The van der Waals surface area contributed by atoms with E-state index in [-0.39, 0.29) is 5.92 Å². The lowest BCUT2D eigenvalue weighted by Crippen LogP contribution is -2.34. The van der Waals surface area contributed by atoms with Crippen molar-refractivity contribution in [2.45, 2.75) is 26.2 Å². The van der Waals surface area contributed by atoms with Gasteiger partial charge in [0, 0.05) is 41.4 Å². The van der Waals surface area contributed by atoms with E-state index in [0.29, 0.717) is 12.2 Å². The molecule has 0 aliphatic carbocycles. The Hall–Kier alpha value is -2.18. The van der Waals surface area contributed by atoms with Crippen LogP contribution in [0, 0.1) is 12.8 Å². The summed E-state index contributed by atoms with van der Waals surface area (Å²) in [6, 6.07) is 4.12. The van der Waals surface area contributed by atoms with Gasteiger partial charge >= 0.3 is 0 Å². The Bertz CT molecular complexity index is 944. The summed E-state index contributed by atoms with van der Waals surface area (Å²) in [7, 11) is 2.11. The number of aryl methyl sites for hydroxylation is 1. The highest BCUT2D eigenvalue weighted by molar-refractivity contribution is 7.15. The van der Waals surface area contributed by atoms with E-state index < -0.39 is 0 Å².